The average Bonchev–Trinajstić information content (AvgIpc) is 2.72. The zero-order valence-corrected chi connectivity index (χ0v) is 11.0. The van der Waals surface area contributed by atoms with Gasteiger partial charge >= 0.3 is 0 Å². The molecule has 2 heterocycles. The minimum Gasteiger partial charge on any atom is -0.281 e. The second-order valence-corrected chi connectivity index (χ2v) is 5.10. The van der Waals surface area contributed by atoms with Crippen molar-refractivity contribution in [2.45, 2.75) is 26.7 Å². The van der Waals surface area contributed by atoms with Gasteiger partial charge in [-0.1, -0.05) is 13.8 Å². The fourth-order valence-corrected chi connectivity index (χ4v) is 2.30. The van der Waals surface area contributed by atoms with Crippen molar-refractivity contribution in [2.24, 2.45) is 11.8 Å². The minimum absolute atomic E-state index is 0.0352. The molecule has 104 valence electrons. The predicted octanol–water partition coefficient (Wildman–Crippen LogP) is -0.719. The number of hydrogen-bond donors (Lipinski definition) is 1. The molecule has 2 rings (SSSR count). The highest BCUT2D eigenvalue weighted by molar-refractivity contribution is 6.04. The zero-order valence-electron chi connectivity index (χ0n) is 11.0. The average molecular weight is 267 g/mol. The molecule has 0 spiro atoms. The quantitative estimate of drug-likeness (QED) is 0.679. The number of carbonyl (C=O) groups is 4. The third-order valence-corrected chi connectivity index (χ3v) is 3.48. The van der Waals surface area contributed by atoms with Crippen LogP contribution in [0.2, 0.25) is 0 Å². The fraction of sp³-hybridized carbons (Fsp3) is 0.667. The molecule has 0 aromatic rings. The van der Waals surface area contributed by atoms with Crippen molar-refractivity contribution in [2.75, 3.05) is 13.3 Å². The highest BCUT2D eigenvalue weighted by Crippen LogP contribution is 2.19. The number of carbonyl (C=O) groups excluding carboxylic acids is 4. The Balaban J connectivity index is 1.84. The van der Waals surface area contributed by atoms with Crippen LogP contribution < -0.4 is 5.32 Å². The maximum atomic E-state index is 11.6. The van der Waals surface area contributed by atoms with Crippen LogP contribution in [0.4, 0.5) is 0 Å². The molecule has 0 aromatic carbocycles. The van der Waals surface area contributed by atoms with E-state index in [1.807, 2.05) is 0 Å². The van der Waals surface area contributed by atoms with Crippen LogP contribution in [0.25, 0.3) is 0 Å². The smallest absolute Gasteiger partial charge is 0.233 e. The monoisotopic (exact) mass is 267 g/mol. The first kappa shape index (κ1) is 13.7. The Labute approximate surface area is 110 Å². The third-order valence-electron chi connectivity index (χ3n) is 3.48. The largest absolute Gasteiger partial charge is 0.281 e. The normalized spacial score (nSPS) is 27.9. The second kappa shape index (κ2) is 5.08. The van der Waals surface area contributed by atoms with Gasteiger partial charge in [-0.3, -0.25) is 34.3 Å². The van der Waals surface area contributed by atoms with Gasteiger partial charge in [0, 0.05) is 24.7 Å². The van der Waals surface area contributed by atoms with Crippen LogP contribution in [0.1, 0.15) is 26.7 Å². The van der Waals surface area contributed by atoms with Gasteiger partial charge in [0.2, 0.25) is 23.6 Å². The van der Waals surface area contributed by atoms with Crippen LogP contribution in [0.5, 0.6) is 0 Å². The number of rotatable bonds is 4. The van der Waals surface area contributed by atoms with Crippen molar-refractivity contribution in [1.82, 2.24) is 15.1 Å². The Hall–Kier alpha value is -1.76. The van der Waals surface area contributed by atoms with E-state index in [-0.39, 0.29) is 61.6 Å². The molecule has 0 aliphatic carbocycles. The van der Waals surface area contributed by atoms with E-state index in [1.54, 1.807) is 13.8 Å². The first-order valence-electron chi connectivity index (χ1n) is 6.31. The summed E-state index contributed by atoms with van der Waals surface area (Å²) in [5, 5.41) is 2.80. The molecule has 1 N–H and O–H groups in total. The Morgan fingerprint density at radius 1 is 0.895 bits per heavy atom. The lowest BCUT2D eigenvalue weighted by molar-refractivity contribution is -0.140. The highest BCUT2D eigenvalue weighted by Gasteiger charge is 2.37. The lowest BCUT2D eigenvalue weighted by Crippen LogP contribution is -2.45. The van der Waals surface area contributed by atoms with Crippen LogP contribution >= 0.6 is 0 Å². The van der Waals surface area contributed by atoms with Crippen LogP contribution in [-0.4, -0.2) is 46.8 Å². The maximum absolute atomic E-state index is 11.6. The van der Waals surface area contributed by atoms with Crippen molar-refractivity contribution in [3.8, 4) is 0 Å². The summed E-state index contributed by atoms with van der Waals surface area (Å²) < 4.78 is 0. The van der Waals surface area contributed by atoms with Gasteiger partial charge < -0.3 is 0 Å². The standard InChI is InChI=1S/C12H17N3O4/c1-7-3-9(16)14(11(7)18)5-13-6-15-10(17)4-8(2)12(15)19/h7-8,13H,3-6H2,1-2H3. The molecule has 7 nitrogen and oxygen atoms in total. The van der Waals surface area contributed by atoms with E-state index < -0.39 is 0 Å². The Kier molecular flexibility index (Phi) is 3.66. The van der Waals surface area contributed by atoms with Crippen molar-refractivity contribution in [3.05, 3.63) is 0 Å². The summed E-state index contributed by atoms with van der Waals surface area (Å²) in [6.07, 6.45) is 0.443. The molecule has 0 saturated carbocycles. The van der Waals surface area contributed by atoms with Crippen LogP contribution in [0, 0.1) is 11.8 Å². The number of likely N-dealkylation sites (tertiary alicyclic amines) is 2. The van der Waals surface area contributed by atoms with Crippen LogP contribution in [0.15, 0.2) is 0 Å². The van der Waals surface area contributed by atoms with Crippen LogP contribution in [0.3, 0.4) is 0 Å². The fourth-order valence-electron chi connectivity index (χ4n) is 2.30. The van der Waals surface area contributed by atoms with E-state index in [0.29, 0.717) is 0 Å². The molecule has 2 fully saturated rings. The van der Waals surface area contributed by atoms with E-state index in [2.05, 4.69) is 5.32 Å². The summed E-state index contributed by atoms with van der Waals surface area (Å²) in [5.41, 5.74) is 0. The summed E-state index contributed by atoms with van der Waals surface area (Å²) in [5.74, 6) is -1.46. The first-order chi connectivity index (χ1) is 8.91. The number of nitrogens with one attached hydrogen (secondary N) is 1. The van der Waals surface area contributed by atoms with Crippen molar-refractivity contribution >= 4 is 23.6 Å². The molecule has 2 unspecified atom stereocenters. The SMILES string of the molecule is CC1CC(=O)N(CNCN2C(=O)CC(C)C2=O)C1=O. The molecule has 7 heteroatoms. The van der Waals surface area contributed by atoms with E-state index in [4.69, 9.17) is 0 Å². The summed E-state index contributed by atoms with van der Waals surface area (Å²) in [6.45, 7) is 3.48. The maximum Gasteiger partial charge on any atom is 0.233 e. The van der Waals surface area contributed by atoms with E-state index in [0.717, 1.165) is 9.80 Å². The molecular formula is C12H17N3O4. The predicted molar refractivity (Wildman–Crippen MR) is 64.1 cm³/mol. The van der Waals surface area contributed by atoms with Gasteiger partial charge in [0.15, 0.2) is 0 Å². The molecule has 0 bridgehead atoms. The van der Waals surface area contributed by atoms with Crippen molar-refractivity contribution in [3.63, 3.8) is 0 Å². The third kappa shape index (κ3) is 2.51. The van der Waals surface area contributed by atoms with Crippen molar-refractivity contribution in [1.29, 1.82) is 0 Å². The first-order valence-corrected chi connectivity index (χ1v) is 6.31. The molecule has 2 saturated heterocycles. The zero-order chi connectivity index (χ0) is 14.2. The molecule has 19 heavy (non-hydrogen) atoms. The van der Waals surface area contributed by atoms with Gasteiger partial charge in [-0.15, -0.1) is 0 Å². The van der Waals surface area contributed by atoms with Gasteiger partial charge in [0.25, 0.3) is 0 Å². The number of amides is 4. The molecule has 2 atom stereocenters. The molecule has 0 aromatic heterocycles. The Morgan fingerprint density at radius 2 is 1.26 bits per heavy atom. The number of nitrogens with zero attached hydrogens (tertiary/aromatic N) is 2. The molecule has 2 aliphatic rings. The topological polar surface area (TPSA) is 86.8 Å². The highest BCUT2D eigenvalue weighted by atomic mass is 16.2. The van der Waals surface area contributed by atoms with E-state index in [9.17, 15) is 19.2 Å². The van der Waals surface area contributed by atoms with Gasteiger partial charge in [0.05, 0.1) is 13.3 Å². The number of imide groups is 2. The Bertz CT molecular complexity index is 408. The molecule has 4 amide bonds. The van der Waals surface area contributed by atoms with Gasteiger partial charge in [-0.25, -0.2) is 0 Å². The van der Waals surface area contributed by atoms with E-state index in [1.165, 1.54) is 0 Å². The molecular weight excluding hydrogens is 250 g/mol. The molecule has 2 aliphatic heterocycles. The molecule has 0 radical (unpaired) electrons. The Morgan fingerprint density at radius 3 is 1.53 bits per heavy atom. The lowest BCUT2D eigenvalue weighted by atomic mass is 10.1. The van der Waals surface area contributed by atoms with Crippen molar-refractivity contribution < 1.29 is 19.2 Å². The van der Waals surface area contributed by atoms with Gasteiger partial charge in [-0.2, -0.15) is 0 Å². The van der Waals surface area contributed by atoms with Gasteiger partial charge in [0.1, 0.15) is 0 Å². The summed E-state index contributed by atoms with van der Waals surface area (Å²) in [4.78, 5) is 48.6. The minimum atomic E-state index is -0.288. The summed E-state index contributed by atoms with van der Waals surface area (Å²) >= 11 is 0. The van der Waals surface area contributed by atoms with Crippen LogP contribution in [-0.2, 0) is 19.2 Å². The lowest BCUT2D eigenvalue weighted by Gasteiger charge is -2.19. The number of hydrogen-bond acceptors (Lipinski definition) is 5. The summed E-state index contributed by atoms with van der Waals surface area (Å²) in [6, 6.07) is 0. The second-order valence-electron chi connectivity index (χ2n) is 5.10. The summed E-state index contributed by atoms with van der Waals surface area (Å²) in [7, 11) is 0. The van der Waals surface area contributed by atoms with Gasteiger partial charge in [-0.05, 0) is 0 Å². The van der Waals surface area contributed by atoms with E-state index >= 15 is 0 Å².